The number of hydrogen-bond donors (Lipinski definition) is 2. The summed E-state index contributed by atoms with van der Waals surface area (Å²) in [5.74, 6) is -0.674. The van der Waals surface area contributed by atoms with Gasteiger partial charge in [0.1, 0.15) is 10.7 Å². The zero-order valence-electron chi connectivity index (χ0n) is 13.0. The van der Waals surface area contributed by atoms with E-state index in [1.807, 2.05) is 0 Å². The number of rotatable bonds is 6. The molecule has 0 radical (unpaired) electrons. The standard InChI is InChI=1S/C14H22FN3O2S.2ClH/c1-12-4-2-5-13(14(12)15)21(19,20)17-6-3-9-18-10-7-16-8-11-18;;/h2,4-5,16-17H,3,6-11H2,1H3;2*1H. The van der Waals surface area contributed by atoms with Crippen LogP contribution in [-0.2, 0) is 10.0 Å². The number of halogens is 3. The lowest BCUT2D eigenvalue weighted by Gasteiger charge is -2.27. The van der Waals surface area contributed by atoms with Gasteiger partial charge in [0, 0.05) is 32.7 Å². The summed E-state index contributed by atoms with van der Waals surface area (Å²) in [5, 5.41) is 3.27. The van der Waals surface area contributed by atoms with Gasteiger partial charge in [0.2, 0.25) is 10.0 Å². The molecule has 2 rings (SSSR count). The van der Waals surface area contributed by atoms with Gasteiger partial charge in [0.15, 0.2) is 0 Å². The fourth-order valence-corrected chi connectivity index (χ4v) is 3.57. The Morgan fingerprint density at radius 2 is 1.91 bits per heavy atom. The Morgan fingerprint density at radius 3 is 2.57 bits per heavy atom. The van der Waals surface area contributed by atoms with E-state index in [2.05, 4.69) is 14.9 Å². The van der Waals surface area contributed by atoms with Crippen molar-refractivity contribution in [1.29, 1.82) is 0 Å². The third-order valence-corrected chi connectivity index (χ3v) is 5.08. The van der Waals surface area contributed by atoms with Gasteiger partial charge in [0.25, 0.3) is 0 Å². The van der Waals surface area contributed by atoms with E-state index in [0.717, 1.165) is 32.7 Å². The van der Waals surface area contributed by atoms with Gasteiger partial charge in [-0.05, 0) is 31.5 Å². The molecule has 1 aromatic rings. The van der Waals surface area contributed by atoms with Crippen molar-refractivity contribution >= 4 is 34.8 Å². The Balaban J connectivity index is 0.00000242. The lowest BCUT2D eigenvalue weighted by Crippen LogP contribution is -2.44. The Labute approximate surface area is 149 Å². The number of nitrogens with zero attached hydrogens (tertiary/aromatic N) is 1. The maximum absolute atomic E-state index is 13.9. The van der Waals surface area contributed by atoms with Gasteiger partial charge in [-0.1, -0.05) is 12.1 Å². The second kappa shape index (κ2) is 10.4. The zero-order chi connectivity index (χ0) is 15.3. The topological polar surface area (TPSA) is 61.4 Å². The van der Waals surface area contributed by atoms with Crippen LogP contribution in [0, 0.1) is 12.7 Å². The number of benzene rings is 1. The molecule has 1 heterocycles. The van der Waals surface area contributed by atoms with Crippen molar-refractivity contribution in [3.63, 3.8) is 0 Å². The summed E-state index contributed by atoms with van der Waals surface area (Å²) in [6.07, 6.45) is 0.715. The fourth-order valence-electron chi connectivity index (χ4n) is 2.35. The number of aryl methyl sites for hydroxylation is 1. The molecule has 1 aliphatic rings. The predicted octanol–water partition coefficient (Wildman–Crippen LogP) is 1.55. The van der Waals surface area contributed by atoms with Gasteiger partial charge in [0.05, 0.1) is 0 Å². The van der Waals surface area contributed by atoms with Crippen molar-refractivity contribution in [2.45, 2.75) is 18.2 Å². The largest absolute Gasteiger partial charge is 0.314 e. The van der Waals surface area contributed by atoms with Crippen LogP contribution in [0.5, 0.6) is 0 Å². The first-order valence-corrected chi connectivity index (χ1v) is 8.67. The normalized spacial score (nSPS) is 15.6. The van der Waals surface area contributed by atoms with Gasteiger partial charge in [-0.25, -0.2) is 17.5 Å². The molecule has 0 unspecified atom stereocenters. The molecule has 1 fully saturated rings. The van der Waals surface area contributed by atoms with Gasteiger partial charge in [-0.2, -0.15) is 0 Å². The summed E-state index contributed by atoms with van der Waals surface area (Å²) < 4.78 is 40.5. The van der Waals surface area contributed by atoms with E-state index in [-0.39, 0.29) is 29.7 Å². The summed E-state index contributed by atoms with van der Waals surface area (Å²) in [6, 6.07) is 4.40. The Kier molecular flexibility index (Phi) is 10.2. The molecule has 0 spiro atoms. The second-order valence-electron chi connectivity index (χ2n) is 5.23. The molecule has 134 valence electrons. The number of nitrogens with one attached hydrogen (secondary N) is 2. The molecular weight excluding hydrogens is 364 g/mol. The molecule has 1 aromatic carbocycles. The van der Waals surface area contributed by atoms with E-state index in [1.165, 1.54) is 6.07 Å². The minimum atomic E-state index is -3.77. The van der Waals surface area contributed by atoms with Crippen molar-refractivity contribution < 1.29 is 12.8 Å². The van der Waals surface area contributed by atoms with Gasteiger partial charge >= 0.3 is 0 Å². The molecule has 2 N–H and O–H groups in total. The fraction of sp³-hybridized carbons (Fsp3) is 0.571. The van der Waals surface area contributed by atoms with E-state index >= 15 is 0 Å². The third-order valence-electron chi connectivity index (χ3n) is 3.60. The van der Waals surface area contributed by atoms with Crippen LogP contribution in [0.2, 0.25) is 0 Å². The zero-order valence-corrected chi connectivity index (χ0v) is 15.5. The lowest BCUT2D eigenvalue weighted by atomic mass is 10.2. The first kappa shape index (κ1) is 22.6. The summed E-state index contributed by atoms with van der Waals surface area (Å²) in [5.41, 5.74) is 0.332. The van der Waals surface area contributed by atoms with Gasteiger partial charge in [-0.15, -0.1) is 24.8 Å². The lowest BCUT2D eigenvalue weighted by molar-refractivity contribution is 0.239. The van der Waals surface area contributed by atoms with Crippen LogP contribution in [0.25, 0.3) is 0 Å². The Hall–Kier alpha value is -0.440. The average molecular weight is 388 g/mol. The Bertz CT molecular complexity index is 581. The van der Waals surface area contributed by atoms with Crippen molar-refractivity contribution in [3.8, 4) is 0 Å². The van der Waals surface area contributed by atoms with Gasteiger partial charge < -0.3 is 10.2 Å². The molecule has 0 bridgehead atoms. The monoisotopic (exact) mass is 387 g/mol. The van der Waals surface area contributed by atoms with Crippen LogP contribution in [0.1, 0.15) is 12.0 Å². The summed E-state index contributed by atoms with van der Waals surface area (Å²) in [6.45, 7) is 6.64. The molecular formula is C14H24Cl2FN3O2S. The number of sulfonamides is 1. The first-order valence-electron chi connectivity index (χ1n) is 7.18. The second-order valence-corrected chi connectivity index (χ2v) is 6.97. The van der Waals surface area contributed by atoms with E-state index in [1.54, 1.807) is 19.1 Å². The SMILES string of the molecule is Cc1cccc(S(=O)(=O)NCCCN2CCNCC2)c1F.Cl.Cl. The summed E-state index contributed by atoms with van der Waals surface area (Å²) in [7, 11) is -3.77. The molecule has 0 atom stereocenters. The molecule has 23 heavy (non-hydrogen) atoms. The van der Waals surface area contributed by atoms with Crippen molar-refractivity contribution in [2.24, 2.45) is 0 Å². The summed E-state index contributed by atoms with van der Waals surface area (Å²) >= 11 is 0. The van der Waals surface area contributed by atoms with E-state index in [9.17, 15) is 12.8 Å². The molecule has 5 nitrogen and oxygen atoms in total. The smallest absolute Gasteiger partial charge is 0.243 e. The quantitative estimate of drug-likeness (QED) is 0.726. The predicted molar refractivity (Wildman–Crippen MR) is 94.7 cm³/mol. The van der Waals surface area contributed by atoms with Crippen LogP contribution in [0.4, 0.5) is 4.39 Å². The summed E-state index contributed by atoms with van der Waals surface area (Å²) in [4.78, 5) is 2.02. The highest BCUT2D eigenvalue weighted by molar-refractivity contribution is 7.89. The maximum atomic E-state index is 13.9. The minimum absolute atomic E-state index is 0. The van der Waals surface area contributed by atoms with Crippen LogP contribution in [0.3, 0.4) is 0 Å². The van der Waals surface area contributed by atoms with E-state index in [4.69, 9.17) is 0 Å². The van der Waals surface area contributed by atoms with Crippen molar-refractivity contribution in [3.05, 3.63) is 29.6 Å². The molecule has 9 heteroatoms. The van der Waals surface area contributed by atoms with Crippen LogP contribution in [-0.4, -0.2) is 52.6 Å². The minimum Gasteiger partial charge on any atom is -0.314 e. The van der Waals surface area contributed by atoms with Crippen molar-refractivity contribution in [1.82, 2.24) is 14.9 Å². The molecule has 0 saturated carbocycles. The Morgan fingerprint density at radius 1 is 1.26 bits per heavy atom. The molecule has 1 saturated heterocycles. The third kappa shape index (κ3) is 6.52. The van der Waals surface area contributed by atoms with E-state index in [0.29, 0.717) is 18.5 Å². The van der Waals surface area contributed by atoms with Crippen LogP contribution in [0.15, 0.2) is 23.1 Å². The average Bonchev–Trinajstić information content (AvgIpc) is 2.47. The van der Waals surface area contributed by atoms with E-state index < -0.39 is 15.8 Å². The molecule has 0 aromatic heterocycles. The molecule has 1 aliphatic heterocycles. The first-order chi connectivity index (χ1) is 10.0. The maximum Gasteiger partial charge on any atom is 0.243 e. The van der Waals surface area contributed by atoms with Crippen LogP contribution < -0.4 is 10.0 Å². The molecule has 0 aliphatic carbocycles. The highest BCUT2D eigenvalue weighted by Gasteiger charge is 2.19. The highest BCUT2D eigenvalue weighted by Crippen LogP contribution is 2.16. The number of piperazine rings is 1. The molecule has 0 amide bonds. The van der Waals surface area contributed by atoms with Gasteiger partial charge in [-0.3, -0.25) is 0 Å². The van der Waals surface area contributed by atoms with Crippen molar-refractivity contribution in [2.75, 3.05) is 39.3 Å². The highest BCUT2D eigenvalue weighted by atomic mass is 35.5. The number of hydrogen-bond acceptors (Lipinski definition) is 4. The van der Waals surface area contributed by atoms with Crippen LogP contribution >= 0.6 is 24.8 Å².